The quantitative estimate of drug-likeness (QED) is 0.536. The number of aryl methyl sites for hydroxylation is 1. The van der Waals surface area contributed by atoms with Gasteiger partial charge < -0.3 is 14.6 Å². The summed E-state index contributed by atoms with van der Waals surface area (Å²) in [4.78, 5) is 8.88. The van der Waals surface area contributed by atoms with Crippen LogP contribution in [-0.2, 0) is 13.6 Å². The number of ether oxygens (including phenoxy) is 1. The summed E-state index contributed by atoms with van der Waals surface area (Å²) < 4.78 is 24.2. The van der Waals surface area contributed by atoms with Gasteiger partial charge in [-0.3, -0.25) is 0 Å². The third kappa shape index (κ3) is 3.51. The topological polar surface area (TPSA) is 93.6 Å². The minimum absolute atomic E-state index is 0.00660. The number of halogens is 1. The summed E-state index contributed by atoms with van der Waals surface area (Å²) in [6.45, 7) is 2.73. The third-order valence-electron chi connectivity index (χ3n) is 5.61. The van der Waals surface area contributed by atoms with Crippen LogP contribution < -0.4 is 10.1 Å². The van der Waals surface area contributed by atoms with E-state index in [1.807, 2.05) is 12.3 Å². The largest absolute Gasteiger partial charge is 0.420 e. The molecule has 4 aromatic rings. The lowest BCUT2D eigenvalue weighted by Crippen LogP contribution is -2.14. The minimum atomic E-state index is -0.563. The Morgan fingerprint density at radius 1 is 1.32 bits per heavy atom. The number of hydrogen-bond acceptors (Lipinski definition) is 6. The zero-order valence-electron chi connectivity index (χ0n) is 16.9. The lowest BCUT2D eigenvalue weighted by atomic mass is 10.0. The average molecular weight is 417 g/mol. The van der Waals surface area contributed by atoms with Crippen molar-refractivity contribution in [1.29, 1.82) is 5.26 Å². The first-order valence-electron chi connectivity index (χ1n) is 10.0. The van der Waals surface area contributed by atoms with Crippen molar-refractivity contribution < 1.29 is 9.13 Å². The maximum atomic E-state index is 14.4. The number of nitriles is 1. The van der Waals surface area contributed by atoms with Crippen LogP contribution in [0.5, 0.6) is 11.8 Å². The molecule has 0 amide bonds. The van der Waals surface area contributed by atoms with Crippen molar-refractivity contribution >= 4 is 11.0 Å². The lowest BCUT2D eigenvalue weighted by molar-refractivity contribution is 0.419. The van der Waals surface area contributed by atoms with Gasteiger partial charge in [-0.1, -0.05) is 6.07 Å². The summed E-state index contributed by atoms with van der Waals surface area (Å²) in [7, 11) is 1.78. The van der Waals surface area contributed by atoms with Crippen LogP contribution in [0.3, 0.4) is 0 Å². The normalized spacial score (nSPS) is 16.0. The number of fused-ring (bicyclic) bond motifs is 1. The average Bonchev–Trinajstić information content (AvgIpc) is 3.51. The van der Waals surface area contributed by atoms with Crippen LogP contribution in [0.2, 0.25) is 0 Å². The molecule has 1 N–H and O–H groups in total. The molecule has 4 heterocycles. The summed E-state index contributed by atoms with van der Waals surface area (Å²) >= 11 is 0. The molecular weight excluding hydrogens is 397 g/mol. The Morgan fingerprint density at radius 2 is 2.23 bits per heavy atom. The molecule has 8 nitrogen and oxygen atoms in total. The number of aromatic nitrogens is 5. The monoisotopic (exact) mass is 417 g/mol. The Bertz CT molecular complexity index is 1300. The van der Waals surface area contributed by atoms with Crippen LogP contribution in [-0.4, -0.2) is 37.4 Å². The Balaban J connectivity index is 1.67. The molecule has 1 aliphatic heterocycles. The van der Waals surface area contributed by atoms with E-state index in [9.17, 15) is 4.39 Å². The molecule has 0 radical (unpaired) electrons. The van der Waals surface area contributed by atoms with Gasteiger partial charge in [0.1, 0.15) is 23.9 Å². The minimum Gasteiger partial charge on any atom is -0.420 e. The molecule has 0 spiro atoms. The van der Waals surface area contributed by atoms with Crippen molar-refractivity contribution in [2.45, 2.75) is 13.0 Å². The van der Waals surface area contributed by atoms with Gasteiger partial charge in [-0.05, 0) is 43.1 Å². The van der Waals surface area contributed by atoms with Crippen LogP contribution in [0.4, 0.5) is 4.39 Å². The van der Waals surface area contributed by atoms with Gasteiger partial charge in [0, 0.05) is 31.4 Å². The summed E-state index contributed by atoms with van der Waals surface area (Å²) in [6.07, 6.45) is 6.17. The molecule has 3 aromatic heterocycles. The molecule has 1 aromatic carbocycles. The number of nitrogens with zero attached hydrogens (tertiary/aromatic N) is 6. The summed E-state index contributed by atoms with van der Waals surface area (Å²) in [5, 5.41) is 17.3. The number of rotatable bonds is 5. The van der Waals surface area contributed by atoms with E-state index in [1.165, 1.54) is 18.5 Å². The smallest absolute Gasteiger partial charge is 0.234 e. The molecule has 1 atom stereocenters. The van der Waals surface area contributed by atoms with Crippen molar-refractivity contribution in [3.8, 4) is 29.0 Å². The van der Waals surface area contributed by atoms with Gasteiger partial charge in [0.05, 0.1) is 17.1 Å². The molecule has 31 heavy (non-hydrogen) atoms. The molecule has 0 bridgehead atoms. The molecule has 1 saturated heterocycles. The Kier molecular flexibility index (Phi) is 4.84. The van der Waals surface area contributed by atoms with Gasteiger partial charge in [-0.2, -0.15) is 10.4 Å². The Hall–Kier alpha value is -3.77. The number of nitrogens with one attached hydrogen (secondary N) is 1. The predicted octanol–water partition coefficient (Wildman–Crippen LogP) is 3.24. The van der Waals surface area contributed by atoms with E-state index in [0.29, 0.717) is 28.6 Å². The highest BCUT2D eigenvalue weighted by Crippen LogP contribution is 2.37. The fourth-order valence-corrected chi connectivity index (χ4v) is 4.01. The summed E-state index contributed by atoms with van der Waals surface area (Å²) in [6, 6.07) is 8.20. The SMILES string of the molecule is Cn1nccc1Oc1ncnc2c1c(-c1ccc(C#N)c(F)c1)cn2CC1CCNC1. The van der Waals surface area contributed by atoms with E-state index in [0.717, 1.165) is 37.3 Å². The van der Waals surface area contributed by atoms with Crippen molar-refractivity contribution in [3.63, 3.8) is 0 Å². The van der Waals surface area contributed by atoms with Crippen molar-refractivity contribution in [3.05, 3.63) is 54.4 Å². The maximum absolute atomic E-state index is 14.4. The predicted molar refractivity (Wildman–Crippen MR) is 112 cm³/mol. The zero-order chi connectivity index (χ0) is 21.4. The van der Waals surface area contributed by atoms with Crippen LogP contribution in [0, 0.1) is 23.1 Å². The van der Waals surface area contributed by atoms with Gasteiger partial charge in [-0.25, -0.2) is 19.0 Å². The highest BCUT2D eigenvalue weighted by atomic mass is 19.1. The summed E-state index contributed by atoms with van der Waals surface area (Å²) in [5.41, 5.74) is 2.11. The summed E-state index contributed by atoms with van der Waals surface area (Å²) in [5.74, 6) is 0.825. The second-order valence-electron chi connectivity index (χ2n) is 7.63. The molecule has 1 fully saturated rings. The molecule has 1 aliphatic rings. The molecule has 9 heteroatoms. The second kappa shape index (κ2) is 7.81. The van der Waals surface area contributed by atoms with Crippen LogP contribution in [0.25, 0.3) is 22.2 Å². The fraction of sp³-hybridized carbons (Fsp3) is 0.273. The highest BCUT2D eigenvalue weighted by molar-refractivity contribution is 5.97. The van der Waals surface area contributed by atoms with E-state index in [4.69, 9.17) is 10.00 Å². The van der Waals surface area contributed by atoms with Crippen molar-refractivity contribution in [2.75, 3.05) is 13.1 Å². The molecule has 0 saturated carbocycles. The van der Waals surface area contributed by atoms with Crippen LogP contribution >= 0.6 is 0 Å². The highest BCUT2D eigenvalue weighted by Gasteiger charge is 2.22. The maximum Gasteiger partial charge on any atom is 0.234 e. The molecule has 1 unspecified atom stereocenters. The first kappa shape index (κ1) is 19.2. The van der Waals surface area contributed by atoms with Gasteiger partial charge in [0.2, 0.25) is 11.8 Å². The van der Waals surface area contributed by atoms with Gasteiger partial charge in [0.15, 0.2) is 0 Å². The molecular formula is C22H20FN7O. The standard InChI is InChI=1S/C22H20FN7O/c1-29-19(5-7-28-29)31-22-20-17(15-2-3-16(9-24)18(23)8-15)12-30(21(20)26-13-27-22)11-14-4-6-25-10-14/h2-3,5,7-8,12-14,25H,4,6,10-11H2,1H3. The second-order valence-corrected chi connectivity index (χ2v) is 7.63. The Labute approximate surface area is 177 Å². The van der Waals surface area contributed by atoms with E-state index in [-0.39, 0.29) is 5.56 Å². The number of benzene rings is 1. The molecule has 156 valence electrons. The first-order chi connectivity index (χ1) is 15.1. The Morgan fingerprint density at radius 3 is 2.94 bits per heavy atom. The molecule has 0 aliphatic carbocycles. The number of hydrogen-bond donors (Lipinski definition) is 1. The van der Waals surface area contributed by atoms with Crippen LogP contribution in [0.1, 0.15) is 12.0 Å². The van der Waals surface area contributed by atoms with Crippen molar-refractivity contribution in [1.82, 2.24) is 29.6 Å². The first-order valence-corrected chi connectivity index (χ1v) is 10.0. The lowest BCUT2D eigenvalue weighted by Gasteiger charge is -2.10. The van der Waals surface area contributed by atoms with Crippen LogP contribution in [0.15, 0.2) is 43.0 Å². The van der Waals surface area contributed by atoms with E-state index < -0.39 is 5.82 Å². The van der Waals surface area contributed by atoms with Gasteiger partial charge >= 0.3 is 0 Å². The van der Waals surface area contributed by atoms with Gasteiger partial charge in [0.25, 0.3) is 0 Å². The van der Waals surface area contributed by atoms with E-state index in [1.54, 1.807) is 30.1 Å². The van der Waals surface area contributed by atoms with E-state index >= 15 is 0 Å². The zero-order valence-corrected chi connectivity index (χ0v) is 16.9. The van der Waals surface area contributed by atoms with Crippen molar-refractivity contribution in [2.24, 2.45) is 13.0 Å². The van der Waals surface area contributed by atoms with E-state index in [2.05, 4.69) is 25.0 Å². The third-order valence-corrected chi connectivity index (χ3v) is 5.61. The molecule has 5 rings (SSSR count). The fourth-order valence-electron chi connectivity index (χ4n) is 4.01. The van der Waals surface area contributed by atoms with Gasteiger partial charge in [-0.15, -0.1) is 0 Å².